The lowest BCUT2D eigenvalue weighted by atomic mass is 10.2. The first kappa shape index (κ1) is 11.8. The third-order valence-electron chi connectivity index (χ3n) is 3.12. The van der Waals surface area contributed by atoms with Crippen LogP contribution in [0.2, 0.25) is 0 Å². The first-order valence-electron chi connectivity index (χ1n) is 6.08. The minimum atomic E-state index is -0.276. The van der Waals surface area contributed by atoms with Gasteiger partial charge in [0.2, 0.25) is 0 Å². The number of nitrogens with zero attached hydrogens (tertiary/aromatic N) is 5. The number of aromatic nitrogens is 5. The SMILES string of the molecule is Cc1cc(NC(=O)c2cn(C3CNC3)nn2)n(C)n1. The highest BCUT2D eigenvalue weighted by atomic mass is 16.2. The highest BCUT2D eigenvalue weighted by Crippen LogP contribution is 2.12. The lowest BCUT2D eigenvalue weighted by molar-refractivity contribution is 0.102. The van der Waals surface area contributed by atoms with Crippen LogP contribution in [0.4, 0.5) is 5.82 Å². The van der Waals surface area contributed by atoms with Crippen LogP contribution in [0.5, 0.6) is 0 Å². The summed E-state index contributed by atoms with van der Waals surface area (Å²) >= 11 is 0. The Kier molecular flexibility index (Phi) is 2.79. The van der Waals surface area contributed by atoms with E-state index >= 15 is 0 Å². The van der Waals surface area contributed by atoms with Gasteiger partial charge in [0.1, 0.15) is 5.82 Å². The molecule has 2 aromatic rings. The highest BCUT2D eigenvalue weighted by molar-refractivity contribution is 6.02. The lowest BCUT2D eigenvalue weighted by Crippen LogP contribution is -2.43. The maximum Gasteiger partial charge on any atom is 0.278 e. The molecule has 0 radical (unpaired) electrons. The minimum Gasteiger partial charge on any atom is -0.312 e. The maximum atomic E-state index is 12.0. The Hall–Kier alpha value is -2.22. The van der Waals surface area contributed by atoms with E-state index in [-0.39, 0.29) is 5.91 Å². The van der Waals surface area contributed by atoms with Crippen molar-refractivity contribution in [2.75, 3.05) is 18.4 Å². The Labute approximate surface area is 109 Å². The summed E-state index contributed by atoms with van der Waals surface area (Å²) in [6, 6.07) is 2.10. The smallest absolute Gasteiger partial charge is 0.278 e. The molecule has 0 spiro atoms. The summed E-state index contributed by atoms with van der Waals surface area (Å²) in [6.45, 7) is 3.60. The van der Waals surface area contributed by atoms with Gasteiger partial charge in [-0.3, -0.25) is 9.48 Å². The van der Waals surface area contributed by atoms with E-state index in [9.17, 15) is 4.79 Å². The molecule has 2 N–H and O–H groups in total. The summed E-state index contributed by atoms with van der Waals surface area (Å²) < 4.78 is 3.34. The van der Waals surface area contributed by atoms with Gasteiger partial charge in [0.25, 0.3) is 5.91 Å². The molecule has 1 saturated heterocycles. The number of carbonyl (C=O) groups excluding carboxylic acids is 1. The fourth-order valence-corrected chi connectivity index (χ4v) is 1.93. The van der Waals surface area contributed by atoms with Gasteiger partial charge in [0.15, 0.2) is 5.69 Å². The Morgan fingerprint density at radius 2 is 2.32 bits per heavy atom. The molecule has 1 amide bonds. The Balaban J connectivity index is 1.73. The number of amides is 1. The number of hydrogen-bond donors (Lipinski definition) is 2. The normalized spacial score (nSPS) is 15.3. The predicted octanol–water partition coefficient (Wildman–Crippen LogP) is -0.283. The third-order valence-corrected chi connectivity index (χ3v) is 3.12. The van der Waals surface area contributed by atoms with Crippen molar-refractivity contribution >= 4 is 11.7 Å². The molecule has 1 aliphatic heterocycles. The topological polar surface area (TPSA) is 89.7 Å². The first-order valence-corrected chi connectivity index (χ1v) is 6.08. The van der Waals surface area contributed by atoms with Crippen LogP contribution in [-0.2, 0) is 7.05 Å². The van der Waals surface area contributed by atoms with Gasteiger partial charge in [-0.25, -0.2) is 4.68 Å². The van der Waals surface area contributed by atoms with Gasteiger partial charge in [-0.1, -0.05) is 5.21 Å². The fraction of sp³-hybridized carbons (Fsp3) is 0.455. The van der Waals surface area contributed by atoms with E-state index < -0.39 is 0 Å². The summed E-state index contributed by atoms with van der Waals surface area (Å²) in [6.07, 6.45) is 1.67. The van der Waals surface area contributed by atoms with Crippen LogP contribution in [-0.4, -0.2) is 43.8 Å². The number of rotatable bonds is 3. The van der Waals surface area contributed by atoms with E-state index in [4.69, 9.17) is 0 Å². The zero-order chi connectivity index (χ0) is 13.4. The summed E-state index contributed by atoms with van der Waals surface area (Å²) in [5.41, 5.74) is 1.16. The molecule has 1 fully saturated rings. The molecule has 19 heavy (non-hydrogen) atoms. The monoisotopic (exact) mass is 261 g/mol. The minimum absolute atomic E-state index is 0.276. The second-order valence-corrected chi connectivity index (χ2v) is 4.64. The Morgan fingerprint density at radius 3 is 2.89 bits per heavy atom. The number of anilines is 1. The molecular weight excluding hydrogens is 246 g/mol. The van der Waals surface area contributed by atoms with E-state index in [0.29, 0.717) is 17.6 Å². The van der Waals surface area contributed by atoms with E-state index in [0.717, 1.165) is 18.8 Å². The molecule has 100 valence electrons. The van der Waals surface area contributed by atoms with Gasteiger partial charge in [-0.05, 0) is 6.92 Å². The van der Waals surface area contributed by atoms with Crippen molar-refractivity contribution in [2.24, 2.45) is 7.05 Å². The van der Waals surface area contributed by atoms with Gasteiger partial charge >= 0.3 is 0 Å². The number of nitrogens with one attached hydrogen (secondary N) is 2. The molecule has 3 heterocycles. The molecule has 8 heteroatoms. The molecule has 0 saturated carbocycles. The summed E-state index contributed by atoms with van der Waals surface area (Å²) in [7, 11) is 1.78. The van der Waals surface area contributed by atoms with Crippen LogP contribution in [0, 0.1) is 6.92 Å². The van der Waals surface area contributed by atoms with Gasteiger partial charge in [-0.15, -0.1) is 5.10 Å². The average molecular weight is 261 g/mol. The molecule has 3 rings (SSSR count). The lowest BCUT2D eigenvalue weighted by Gasteiger charge is -2.26. The van der Waals surface area contributed by atoms with Crippen LogP contribution in [0.25, 0.3) is 0 Å². The zero-order valence-electron chi connectivity index (χ0n) is 10.8. The Morgan fingerprint density at radius 1 is 1.53 bits per heavy atom. The summed E-state index contributed by atoms with van der Waals surface area (Å²) in [4.78, 5) is 12.0. The largest absolute Gasteiger partial charge is 0.312 e. The molecule has 2 aromatic heterocycles. The zero-order valence-corrected chi connectivity index (χ0v) is 10.8. The van der Waals surface area contributed by atoms with Crippen molar-refractivity contribution in [2.45, 2.75) is 13.0 Å². The van der Waals surface area contributed by atoms with Gasteiger partial charge < -0.3 is 10.6 Å². The number of carbonyl (C=O) groups is 1. The third kappa shape index (κ3) is 2.22. The van der Waals surface area contributed by atoms with E-state index in [2.05, 4.69) is 26.0 Å². The van der Waals surface area contributed by atoms with E-state index in [1.54, 1.807) is 28.7 Å². The molecule has 0 bridgehead atoms. The molecule has 1 aliphatic rings. The molecular formula is C11H15N7O. The quantitative estimate of drug-likeness (QED) is 0.793. The highest BCUT2D eigenvalue weighted by Gasteiger charge is 2.22. The van der Waals surface area contributed by atoms with Gasteiger partial charge in [0, 0.05) is 26.2 Å². The molecule has 0 unspecified atom stereocenters. The van der Waals surface area contributed by atoms with Crippen LogP contribution < -0.4 is 10.6 Å². The van der Waals surface area contributed by atoms with Crippen molar-refractivity contribution in [3.05, 3.63) is 23.7 Å². The first-order chi connectivity index (χ1) is 9.13. The van der Waals surface area contributed by atoms with E-state index in [1.807, 2.05) is 6.92 Å². The van der Waals surface area contributed by atoms with Crippen molar-refractivity contribution in [1.82, 2.24) is 30.1 Å². The summed E-state index contributed by atoms with van der Waals surface area (Å²) in [5.74, 6) is 0.365. The fourth-order valence-electron chi connectivity index (χ4n) is 1.93. The van der Waals surface area contributed by atoms with Crippen molar-refractivity contribution in [3.63, 3.8) is 0 Å². The molecule has 0 atom stereocenters. The van der Waals surface area contributed by atoms with Crippen LogP contribution >= 0.6 is 0 Å². The second kappa shape index (κ2) is 4.47. The van der Waals surface area contributed by atoms with Crippen molar-refractivity contribution in [1.29, 1.82) is 0 Å². The second-order valence-electron chi connectivity index (χ2n) is 4.64. The Bertz CT molecular complexity index is 610. The predicted molar refractivity (Wildman–Crippen MR) is 67.8 cm³/mol. The van der Waals surface area contributed by atoms with Gasteiger partial charge in [0.05, 0.1) is 17.9 Å². The molecule has 8 nitrogen and oxygen atoms in total. The average Bonchev–Trinajstić information content (AvgIpc) is 2.85. The molecule has 0 aliphatic carbocycles. The van der Waals surface area contributed by atoms with Crippen LogP contribution in [0.15, 0.2) is 12.3 Å². The summed E-state index contributed by atoms with van der Waals surface area (Å²) in [5, 5.41) is 17.9. The maximum absolute atomic E-state index is 12.0. The van der Waals surface area contributed by atoms with E-state index in [1.165, 1.54) is 0 Å². The number of hydrogen-bond acceptors (Lipinski definition) is 5. The van der Waals surface area contributed by atoms with Crippen LogP contribution in [0.3, 0.4) is 0 Å². The van der Waals surface area contributed by atoms with Crippen molar-refractivity contribution < 1.29 is 4.79 Å². The standard InChI is InChI=1S/C11H15N7O/c1-7-3-10(17(2)15-7)13-11(19)9-6-18(16-14-9)8-4-12-5-8/h3,6,8,12H,4-5H2,1-2H3,(H,13,19). The molecule has 0 aromatic carbocycles. The van der Waals surface area contributed by atoms with Crippen molar-refractivity contribution in [3.8, 4) is 0 Å². The number of aryl methyl sites for hydroxylation is 2. The van der Waals surface area contributed by atoms with Crippen LogP contribution in [0.1, 0.15) is 22.2 Å². The van der Waals surface area contributed by atoms with Gasteiger partial charge in [-0.2, -0.15) is 5.10 Å².